The van der Waals surface area contributed by atoms with Gasteiger partial charge in [0.2, 0.25) is 17.7 Å². The number of ether oxygens (including phenoxy) is 1. The van der Waals surface area contributed by atoms with Crippen molar-refractivity contribution in [3.8, 4) is 16.9 Å². The fourth-order valence-electron chi connectivity index (χ4n) is 9.11. The molecule has 9 rings (SSSR count). The molecule has 3 N–H and O–H groups in total. The first-order valence-corrected chi connectivity index (χ1v) is 22.6. The Labute approximate surface area is 393 Å². The first-order valence-electron chi connectivity index (χ1n) is 22.6. The van der Waals surface area contributed by atoms with Crippen molar-refractivity contribution in [2.24, 2.45) is 7.05 Å². The van der Waals surface area contributed by atoms with Gasteiger partial charge in [0.15, 0.2) is 11.6 Å². The van der Waals surface area contributed by atoms with Crippen LogP contribution >= 0.6 is 0 Å². The van der Waals surface area contributed by atoms with Gasteiger partial charge in [-0.25, -0.2) is 9.37 Å². The van der Waals surface area contributed by atoms with E-state index in [4.69, 9.17) is 4.74 Å². The van der Waals surface area contributed by atoms with Gasteiger partial charge >= 0.3 is 0 Å². The number of halogens is 1. The lowest BCUT2D eigenvalue weighted by molar-refractivity contribution is -0.136. The molecule has 5 amide bonds. The van der Waals surface area contributed by atoms with Gasteiger partial charge in [0.05, 0.1) is 61.1 Å². The van der Waals surface area contributed by atoms with Crippen LogP contribution in [0.15, 0.2) is 76.7 Å². The van der Waals surface area contributed by atoms with E-state index in [1.807, 2.05) is 20.8 Å². The average molecular weight is 941 g/mol. The molecule has 1 fully saturated rings. The zero-order valence-electron chi connectivity index (χ0n) is 38.4. The molecule has 1 atom stereocenters. The van der Waals surface area contributed by atoms with Gasteiger partial charge in [-0.05, 0) is 71.7 Å². The van der Waals surface area contributed by atoms with E-state index in [2.05, 4.69) is 25.8 Å². The molecular weight excluding hydrogens is 892 g/mol. The first kappa shape index (κ1) is 46.4. The minimum absolute atomic E-state index is 0.00373. The molecule has 0 radical (unpaired) electrons. The van der Waals surface area contributed by atoms with Crippen molar-refractivity contribution in [1.29, 1.82) is 0 Å². The Morgan fingerprint density at radius 1 is 0.986 bits per heavy atom. The molecule has 4 aromatic heterocycles. The molecule has 3 aliphatic heterocycles. The van der Waals surface area contributed by atoms with Crippen LogP contribution in [0.5, 0.6) is 0 Å². The zero-order chi connectivity index (χ0) is 48.9. The average Bonchev–Trinajstić information content (AvgIpc) is 3.84. The van der Waals surface area contributed by atoms with Crippen LogP contribution in [0.1, 0.15) is 89.6 Å². The second-order valence-corrected chi connectivity index (χ2v) is 18.3. The molecule has 356 valence electrons. The van der Waals surface area contributed by atoms with E-state index in [-0.39, 0.29) is 82.9 Å². The molecule has 1 saturated heterocycles. The predicted molar refractivity (Wildman–Crippen MR) is 248 cm³/mol. The lowest BCUT2D eigenvalue weighted by Crippen LogP contribution is -2.54. The third-order valence-corrected chi connectivity index (χ3v) is 12.8. The summed E-state index contributed by atoms with van der Waals surface area (Å²) in [5.41, 5.74) is 2.44. The topological polar surface area (TPSA) is 233 Å². The standard InChI is InChI=1S/C49H49FN10O9/c1-49(2,3)30-19-28-23-52-60(48(68)42(28)35(50)21-30)43-34(26-61)32(12-14-51-43)29-20-36(46(66)56(4)24-29)53-38-22-31-25-57(15-16-58(31)55-38)40(63)13-18-69-17-6-8-27-7-5-9-33-41(27)47(67)59(45(33)65)37-10-11-39(62)54-44(37)64/h5,7,9,12,14,19-24,37,61H,6,8,10-11,13,15-18,25-26H2,1-4H3,(H,53,55)(H,54,62,64). The number of anilines is 2. The Balaban J connectivity index is 0.820. The number of aromatic nitrogens is 6. The maximum Gasteiger partial charge on any atom is 0.283 e. The normalized spacial score (nSPS) is 16.0. The van der Waals surface area contributed by atoms with Crippen molar-refractivity contribution in [3.05, 3.63) is 127 Å². The number of amides is 5. The van der Waals surface area contributed by atoms with Crippen LogP contribution < -0.4 is 21.8 Å². The summed E-state index contributed by atoms with van der Waals surface area (Å²) in [6.07, 6.45) is 5.59. The van der Waals surface area contributed by atoms with E-state index in [1.165, 1.54) is 23.0 Å². The van der Waals surface area contributed by atoms with Gasteiger partial charge in [-0.2, -0.15) is 14.9 Å². The molecular formula is C49H49FN10O9. The van der Waals surface area contributed by atoms with Crippen LogP contribution in [0.25, 0.3) is 27.7 Å². The van der Waals surface area contributed by atoms with Crippen molar-refractivity contribution < 1.29 is 38.2 Å². The fourth-order valence-corrected chi connectivity index (χ4v) is 9.11. The molecule has 0 spiro atoms. The largest absolute Gasteiger partial charge is 0.392 e. The number of hydrogen-bond donors (Lipinski definition) is 3. The van der Waals surface area contributed by atoms with Crippen molar-refractivity contribution in [2.75, 3.05) is 25.1 Å². The number of piperidine rings is 1. The summed E-state index contributed by atoms with van der Waals surface area (Å²) < 4.78 is 25.4. The number of rotatable bonds is 13. The van der Waals surface area contributed by atoms with Gasteiger partial charge in [-0.15, -0.1) is 0 Å². The molecule has 19 nitrogen and oxygen atoms in total. The Kier molecular flexibility index (Phi) is 12.4. The van der Waals surface area contributed by atoms with E-state index in [0.29, 0.717) is 66.0 Å². The van der Waals surface area contributed by atoms with Crippen molar-refractivity contribution >= 4 is 51.8 Å². The summed E-state index contributed by atoms with van der Waals surface area (Å²) in [4.78, 5) is 98.2. The lowest BCUT2D eigenvalue weighted by atomic mass is 9.86. The maximum atomic E-state index is 15.5. The van der Waals surface area contributed by atoms with Crippen molar-refractivity contribution in [1.82, 2.24) is 44.2 Å². The Morgan fingerprint density at radius 2 is 1.80 bits per heavy atom. The number of aliphatic hydroxyl groups excluding tert-OH is 1. The Bertz CT molecular complexity index is 3240. The summed E-state index contributed by atoms with van der Waals surface area (Å²) in [5.74, 6) is -2.66. The number of carbonyl (C=O) groups excluding carboxylic acids is 5. The third-order valence-electron chi connectivity index (χ3n) is 12.8. The highest BCUT2D eigenvalue weighted by molar-refractivity contribution is 6.24. The summed E-state index contributed by atoms with van der Waals surface area (Å²) in [6.45, 7) is 6.82. The van der Waals surface area contributed by atoms with E-state index in [1.54, 1.807) is 65.3 Å². The monoisotopic (exact) mass is 940 g/mol. The van der Waals surface area contributed by atoms with E-state index < -0.39 is 47.7 Å². The van der Waals surface area contributed by atoms with Crippen LogP contribution in [0.4, 0.5) is 15.9 Å². The molecule has 0 saturated carbocycles. The van der Waals surface area contributed by atoms with Crippen LogP contribution in [0, 0.1) is 5.82 Å². The number of carbonyl (C=O) groups is 5. The van der Waals surface area contributed by atoms with Crippen LogP contribution in [0.3, 0.4) is 0 Å². The molecule has 0 bridgehead atoms. The van der Waals surface area contributed by atoms with E-state index in [0.717, 1.165) is 15.3 Å². The van der Waals surface area contributed by atoms with Crippen molar-refractivity contribution in [3.63, 3.8) is 0 Å². The molecule has 2 aromatic carbocycles. The first-order chi connectivity index (χ1) is 33.0. The van der Waals surface area contributed by atoms with Gasteiger partial charge in [-0.1, -0.05) is 32.9 Å². The lowest BCUT2D eigenvalue weighted by Gasteiger charge is -2.27. The van der Waals surface area contributed by atoms with Gasteiger partial charge in [0, 0.05) is 61.6 Å². The van der Waals surface area contributed by atoms with Crippen LogP contribution in [-0.2, 0) is 57.7 Å². The quantitative estimate of drug-likeness (QED) is 0.111. The second-order valence-electron chi connectivity index (χ2n) is 18.3. The number of aryl methyl sites for hydroxylation is 2. The number of nitrogens with zero attached hydrogens (tertiary/aromatic N) is 8. The summed E-state index contributed by atoms with van der Waals surface area (Å²) in [5, 5.41) is 25.1. The summed E-state index contributed by atoms with van der Waals surface area (Å²) >= 11 is 0. The molecule has 6 aromatic rings. The van der Waals surface area contributed by atoms with Gasteiger partial charge in [0.1, 0.15) is 17.5 Å². The Hall–Kier alpha value is -7.71. The molecule has 0 aliphatic carbocycles. The third kappa shape index (κ3) is 8.83. The SMILES string of the molecule is Cn1cc(-c2ccnc(-n3ncc4cc(C(C)(C)C)cc(F)c4c3=O)c2CO)cc(Nc2cc3n(n2)CCN(C(=O)CCOCCCc2cccc4c2C(=O)N(C2CCC(=O)NC2=O)C4=O)C3)c1=O. The number of fused-ring (bicyclic) bond motifs is 3. The number of pyridine rings is 2. The minimum Gasteiger partial charge on any atom is -0.392 e. The highest BCUT2D eigenvalue weighted by atomic mass is 19.1. The van der Waals surface area contributed by atoms with E-state index in [9.17, 15) is 38.7 Å². The van der Waals surface area contributed by atoms with Crippen LogP contribution in [-0.4, -0.2) is 99.4 Å². The smallest absolute Gasteiger partial charge is 0.283 e. The van der Waals surface area contributed by atoms with Crippen molar-refractivity contribution in [2.45, 2.75) is 84.0 Å². The molecule has 69 heavy (non-hydrogen) atoms. The maximum absolute atomic E-state index is 15.5. The van der Waals surface area contributed by atoms with Crippen LogP contribution in [0.2, 0.25) is 0 Å². The number of benzene rings is 2. The van der Waals surface area contributed by atoms with E-state index >= 15 is 4.39 Å². The van der Waals surface area contributed by atoms with Gasteiger partial charge in [-0.3, -0.25) is 48.5 Å². The molecule has 7 heterocycles. The minimum atomic E-state index is -1.05. The molecule has 20 heteroatoms. The van der Waals surface area contributed by atoms with Gasteiger partial charge < -0.3 is 24.6 Å². The fraction of sp³-hybridized carbons (Fsp3) is 0.347. The predicted octanol–water partition coefficient (Wildman–Crippen LogP) is 3.80. The second kappa shape index (κ2) is 18.4. The summed E-state index contributed by atoms with van der Waals surface area (Å²) in [6, 6.07) is 12.0. The number of hydrogen-bond acceptors (Lipinski definition) is 13. The molecule has 1 unspecified atom stereocenters. The highest BCUT2D eigenvalue weighted by Gasteiger charge is 2.45. The number of imide groups is 2. The molecule has 3 aliphatic rings. The zero-order valence-corrected chi connectivity index (χ0v) is 38.4. The number of aliphatic hydroxyl groups is 1. The summed E-state index contributed by atoms with van der Waals surface area (Å²) in [7, 11) is 1.58. The highest BCUT2D eigenvalue weighted by Crippen LogP contribution is 2.32. The van der Waals surface area contributed by atoms with Gasteiger partial charge in [0.25, 0.3) is 22.9 Å². The Morgan fingerprint density at radius 3 is 2.57 bits per heavy atom. The number of nitrogens with one attached hydrogen (secondary N) is 2.